The van der Waals surface area contributed by atoms with Gasteiger partial charge in [-0.25, -0.2) is 4.31 Å². The first-order valence-electron chi connectivity index (χ1n) is 17.3. The summed E-state index contributed by atoms with van der Waals surface area (Å²) in [6, 6.07) is 12.6. The van der Waals surface area contributed by atoms with Crippen LogP contribution in [0.5, 0.6) is 5.75 Å². The van der Waals surface area contributed by atoms with E-state index in [-0.39, 0.29) is 11.8 Å². The monoisotopic (exact) mass is 643 g/mol. The van der Waals surface area contributed by atoms with Crippen molar-refractivity contribution in [2.24, 2.45) is 5.41 Å². The summed E-state index contributed by atoms with van der Waals surface area (Å²) in [4.78, 5) is 30.4. The average Bonchev–Trinajstić information content (AvgIpc) is 3.76. The van der Waals surface area contributed by atoms with Gasteiger partial charge in [-0.15, -0.1) is 0 Å². The molecule has 2 saturated carbocycles. The Bertz CT molecular complexity index is 1590. The summed E-state index contributed by atoms with van der Waals surface area (Å²) in [5.74, 6) is 1.48. The zero-order chi connectivity index (χ0) is 31.8. The number of likely N-dealkylation sites (N-methyl/N-ethyl adjacent to an activating group) is 2. The van der Waals surface area contributed by atoms with E-state index in [1.807, 2.05) is 12.1 Å². The molecule has 3 aliphatic heterocycles. The number of hydrogen-bond donors (Lipinski definition) is 1. The molecule has 0 bridgehead atoms. The topological polar surface area (TPSA) is 70.0 Å². The maximum Gasteiger partial charge on any atom is 0.262 e. The predicted molar refractivity (Wildman–Crippen MR) is 186 cm³/mol. The number of methoxy groups -OCH3 is 1. The van der Waals surface area contributed by atoms with Crippen molar-refractivity contribution in [3.8, 4) is 17.0 Å². The van der Waals surface area contributed by atoms with E-state index in [9.17, 15) is 9.59 Å². The Balaban J connectivity index is 0.000000326. The largest absolute Gasteiger partial charge is 0.497 e. The second kappa shape index (κ2) is 13.3. The molecule has 46 heavy (non-hydrogen) atoms. The molecule has 9 heteroatoms. The molecular formula is C37H49N5O3S. The molecule has 2 atom stereocenters. The molecule has 8 rings (SSSR count). The highest BCUT2D eigenvalue weighted by Crippen LogP contribution is 2.64. The minimum absolute atomic E-state index is 0.0678. The van der Waals surface area contributed by atoms with Crippen LogP contribution in [0.1, 0.15) is 84.7 Å². The number of nitrogens with one attached hydrogen (secondary N) is 1. The van der Waals surface area contributed by atoms with Gasteiger partial charge in [-0.2, -0.15) is 0 Å². The van der Waals surface area contributed by atoms with Crippen molar-refractivity contribution in [2.45, 2.75) is 69.7 Å². The lowest BCUT2D eigenvalue weighted by Crippen LogP contribution is -2.35. The van der Waals surface area contributed by atoms with E-state index in [1.54, 1.807) is 7.11 Å². The molecule has 5 aliphatic rings. The molecule has 2 aliphatic carbocycles. The molecule has 2 aromatic carbocycles. The van der Waals surface area contributed by atoms with Gasteiger partial charge in [-0.05, 0) is 113 Å². The van der Waals surface area contributed by atoms with Crippen LogP contribution in [0.25, 0.3) is 22.2 Å². The van der Waals surface area contributed by atoms with Gasteiger partial charge < -0.3 is 23.9 Å². The highest BCUT2D eigenvalue weighted by atomic mass is 32.2. The fourth-order valence-electron chi connectivity index (χ4n) is 8.04. The first kappa shape index (κ1) is 31.7. The molecular weight excluding hydrogens is 595 g/mol. The zero-order valence-electron chi connectivity index (χ0n) is 27.7. The molecule has 2 saturated heterocycles. The van der Waals surface area contributed by atoms with E-state index in [0.29, 0.717) is 18.0 Å². The van der Waals surface area contributed by atoms with Crippen LogP contribution in [-0.2, 0) is 11.3 Å². The van der Waals surface area contributed by atoms with Crippen LogP contribution in [0.3, 0.4) is 0 Å². The first-order valence-corrected chi connectivity index (χ1v) is 18.1. The molecule has 4 fully saturated rings. The number of aromatic nitrogens is 1. The van der Waals surface area contributed by atoms with Crippen LogP contribution < -0.4 is 9.46 Å². The zero-order valence-corrected chi connectivity index (χ0v) is 28.5. The second-order valence-corrected chi connectivity index (χ2v) is 15.1. The van der Waals surface area contributed by atoms with Gasteiger partial charge in [0, 0.05) is 66.9 Å². The first-order chi connectivity index (χ1) is 22.4. The summed E-state index contributed by atoms with van der Waals surface area (Å²) < 4.78 is 13.2. The van der Waals surface area contributed by atoms with Crippen LogP contribution in [0.4, 0.5) is 0 Å². The molecule has 4 heterocycles. The van der Waals surface area contributed by atoms with Gasteiger partial charge in [-0.1, -0.05) is 25.3 Å². The average molecular weight is 644 g/mol. The van der Waals surface area contributed by atoms with Gasteiger partial charge in [0.15, 0.2) is 0 Å². The summed E-state index contributed by atoms with van der Waals surface area (Å²) in [5.41, 5.74) is 6.46. The lowest BCUT2D eigenvalue weighted by molar-refractivity contribution is -0.112. The third-order valence-electron chi connectivity index (χ3n) is 11.1. The van der Waals surface area contributed by atoms with Crippen molar-refractivity contribution in [2.75, 3.05) is 60.5 Å². The van der Waals surface area contributed by atoms with E-state index >= 15 is 0 Å². The van der Waals surface area contributed by atoms with Crippen LogP contribution >= 0.6 is 12.1 Å². The van der Waals surface area contributed by atoms with Crippen LogP contribution in [0.2, 0.25) is 0 Å². The van der Waals surface area contributed by atoms with Crippen molar-refractivity contribution >= 4 is 35.2 Å². The number of ether oxygens (including phenoxy) is 1. The van der Waals surface area contributed by atoms with E-state index < -0.39 is 5.41 Å². The van der Waals surface area contributed by atoms with Gasteiger partial charge >= 0.3 is 0 Å². The number of carbonyl (C=O) groups excluding carboxylic acids is 2. The molecule has 8 nitrogen and oxygen atoms in total. The number of benzene rings is 2. The van der Waals surface area contributed by atoms with Crippen LogP contribution in [0.15, 0.2) is 36.4 Å². The van der Waals surface area contributed by atoms with E-state index in [4.69, 9.17) is 4.74 Å². The van der Waals surface area contributed by atoms with Gasteiger partial charge in [0.1, 0.15) is 12.0 Å². The summed E-state index contributed by atoms with van der Waals surface area (Å²) in [7, 11) is 6.09. The summed E-state index contributed by atoms with van der Waals surface area (Å²) in [6.45, 7) is 7.69. The smallest absolute Gasteiger partial charge is 0.262 e. The molecule has 1 amide bonds. The third-order valence-corrected chi connectivity index (χ3v) is 12.0. The maximum absolute atomic E-state index is 13.1. The number of carbonyl (C=O) groups is 2. The number of hydrogen-bond acceptors (Lipinski definition) is 7. The standard InChI is InChI=1S/C30H33N3O3S.C7H16N2/c1-36-21-9-11-22-24(15-21)25-16-30(25,18-34)17-33-26-14-20(29(35)31-37-32-12-5-13-32)8-10-23(26)27(28(22)33)19-6-3-2-4-7-19;1-8-4-3-5-9(2)7-6-8/h8-11,14-15,18-19,25H,2-7,12-13,16-17H2,1H3,(H,31,35);3-7H2,1-2H3. The Morgan fingerprint density at radius 3 is 2.35 bits per heavy atom. The number of fused-ring (bicyclic) bond motifs is 7. The summed E-state index contributed by atoms with van der Waals surface area (Å²) in [5, 5.41) is 1.23. The fourth-order valence-corrected chi connectivity index (χ4v) is 8.82. The number of aldehydes is 1. The number of nitrogens with zero attached hydrogens (tertiary/aromatic N) is 4. The van der Waals surface area contributed by atoms with Crippen LogP contribution in [-0.4, -0.2) is 91.3 Å². The van der Waals surface area contributed by atoms with Crippen molar-refractivity contribution < 1.29 is 14.3 Å². The van der Waals surface area contributed by atoms with Crippen molar-refractivity contribution in [3.05, 3.63) is 53.1 Å². The van der Waals surface area contributed by atoms with Gasteiger partial charge in [0.25, 0.3) is 5.91 Å². The molecule has 2 unspecified atom stereocenters. The number of amides is 1. The predicted octanol–water partition coefficient (Wildman–Crippen LogP) is 6.30. The Hall–Kier alpha value is -2.85. The molecule has 246 valence electrons. The molecule has 0 radical (unpaired) electrons. The minimum atomic E-state index is -0.395. The quantitative estimate of drug-likeness (QED) is 0.250. The highest BCUT2D eigenvalue weighted by Gasteiger charge is 2.58. The summed E-state index contributed by atoms with van der Waals surface area (Å²) >= 11 is 1.40. The third kappa shape index (κ3) is 6.12. The second-order valence-electron chi connectivity index (χ2n) is 14.2. The van der Waals surface area contributed by atoms with E-state index in [2.05, 4.69) is 61.8 Å². The molecule has 3 aromatic rings. The SMILES string of the molecule is CN1CCCN(C)CC1.COc1ccc2c(c1)C1CC1(C=O)Cn1c-2c(C2CCCCC2)c2ccc(C(=O)NSN3CCC3)cc21. The fraction of sp³-hybridized carbons (Fsp3) is 0.568. The minimum Gasteiger partial charge on any atom is -0.497 e. The van der Waals surface area contributed by atoms with Crippen molar-refractivity contribution in [1.82, 2.24) is 23.4 Å². The Kier molecular flexibility index (Phi) is 9.20. The van der Waals surface area contributed by atoms with Gasteiger partial charge in [-0.3, -0.25) is 9.52 Å². The van der Waals surface area contributed by atoms with Crippen molar-refractivity contribution in [1.29, 1.82) is 0 Å². The normalized spacial score (nSPS) is 25.1. The van der Waals surface area contributed by atoms with Crippen molar-refractivity contribution in [3.63, 3.8) is 0 Å². The van der Waals surface area contributed by atoms with Crippen LogP contribution in [0, 0.1) is 5.41 Å². The van der Waals surface area contributed by atoms with Gasteiger partial charge in [0.05, 0.1) is 18.2 Å². The molecule has 0 spiro atoms. The lowest BCUT2D eigenvalue weighted by Gasteiger charge is -2.28. The molecule has 1 N–H and O–H groups in total. The van der Waals surface area contributed by atoms with E-state index in [0.717, 1.165) is 30.8 Å². The Morgan fingerprint density at radius 1 is 0.935 bits per heavy atom. The maximum atomic E-state index is 13.1. The lowest BCUT2D eigenvalue weighted by atomic mass is 9.81. The van der Waals surface area contributed by atoms with E-state index in [1.165, 1.54) is 117 Å². The summed E-state index contributed by atoms with van der Waals surface area (Å²) in [6.07, 6.45) is 10.7. The Labute approximate surface area is 278 Å². The molecule has 1 aromatic heterocycles. The Morgan fingerprint density at radius 2 is 1.67 bits per heavy atom. The number of rotatable bonds is 6. The van der Waals surface area contributed by atoms with Gasteiger partial charge in [0.2, 0.25) is 0 Å². The highest BCUT2D eigenvalue weighted by molar-refractivity contribution is 7.95.